The molecule has 9 heavy (non-hydrogen) atoms. The molecule has 1 atom stereocenters. The van der Waals surface area contributed by atoms with Crippen LogP contribution in [0, 0.1) is 17.2 Å². The second-order valence-electron chi connectivity index (χ2n) is 2.96. The van der Waals surface area contributed by atoms with Gasteiger partial charge in [0.1, 0.15) is 4.87 Å². The average molecular weight is 144 g/mol. The Labute approximate surface area is 60.6 Å². The van der Waals surface area contributed by atoms with Gasteiger partial charge >= 0.3 is 0 Å². The maximum atomic E-state index is 8.49. The van der Waals surface area contributed by atoms with Crippen LogP contribution in [0.3, 0.4) is 0 Å². The van der Waals surface area contributed by atoms with E-state index in [0.29, 0.717) is 0 Å². The van der Waals surface area contributed by atoms with E-state index in [1.54, 1.807) is 6.92 Å². The van der Waals surface area contributed by atoms with E-state index in [1.807, 2.05) is 0 Å². The van der Waals surface area contributed by atoms with Gasteiger partial charge in [-0.1, -0.05) is 12.8 Å². The van der Waals surface area contributed by atoms with Gasteiger partial charge in [0.05, 0.1) is 6.07 Å². The van der Waals surface area contributed by atoms with Crippen molar-refractivity contribution in [2.75, 3.05) is 0 Å². The Balaban J connectivity index is 2.32. The van der Waals surface area contributed by atoms with E-state index in [9.17, 15) is 0 Å². The number of alkyl halides is 1. The first-order valence-corrected chi connectivity index (χ1v) is 3.62. The molecule has 1 unspecified atom stereocenters. The number of nitriles is 1. The monoisotopic (exact) mass is 143 g/mol. The number of halogens is 1. The van der Waals surface area contributed by atoms with E-state index >= 15 is 0 Å². The minimum atomic E-state index is -0.596. The Kier molecular flexibility index (Phi) is 1.68. The molecule has 0 N–H and O–H groups in total. The third-order valence-electron chi connectivity index (χ3n) is 1.60. The van der Waals surface area contributed by atoms with Crippen molar-refractivity contribution < 1.29 is 0 Å². The summed E-state index contributed by atoms with van der Waals surface area (Å²) < 4.78 is 0. The van der Waals surface area contributed by atoms with Crippen LogP contribution in [-0.2, 0) is 0 Å². The zero-order valence-electron chi connectivity index (χ0n) is 5.52. The second-order valence-corrected chi connectivity index (χ2v) is 3.79. The summed E-state index contributed by atoms with van der Waals surface area (Å²) in [5.74, 6) is 0.743. The number of hydrogen-bond acceptors (Lipinski definition) is 1. The van der Waals surface area contributed by atoms with Gasteiger partial charge in [-0.25, -0.2) is 0 Å². The van der Waals surface area contributed by atoms with E-state index in [1.165, 1.54) is 12.8 Å². The SMILES string of the molecule is CC(Cl)(C#N)CC1CC1. The lowest BCUT2D eigenvalue weighted by atomic mass is 10.1. The molecule has 2 heteroatoms. The highest BCUT2D eigenvalue weighted by molar-refractivity contribution is 6.25. The molecular formula is C7H10ClN. The van der Waals surface area contributed by atoms with Crippen LogP contribution in [0.4, 0.5) is 0 Å². The first kappa shape index (κ1) is 6.89. The maximum absolute atomic E-state index is 8.49. The van der Waals surface area contributed by atoms with Crippen molar-refractivity contribution >= 4 is 11.6 Å². The Morgan fingerprint density at radius 3 is 2.67 bits per heavy atom. The van der Waals surface area contributed by atoms with E-state index in [0.717, 1.165) is 12.3 Å². The molecule has 1 rings (SSSR count). The van der Waals surface area contributed by atoms with Crippen molar-refractivity contribution in [3.63, 3.8) is 0 Å². The predicted molar refractivity (Wildman–Crippen MR) is 37.2 cm³/mol. The van der Waals surface area contributed by atoms with Gasteiger partial charge in [-0.15, -0.1) is 11.6 Å². The van der Waals surface area contributed by atoms with Crippen molar-refractivity contribution in [2.24, 2.45) is 5.92 Å². The van der Waals surface area contributed by atoms with Gasteiger partial charge in [-0.3, -0.25) is 0 Å². The highest BCUT2D eigenvalue weighted by atomic mass is 35.5. The van der Waals surface area contributed by atoms with Crippen LogP contribution in [0.5, 0.6) is 0 Å². The summed E-state index contributed by atoms with van der Waals surface area (Å²) in [4.78, 5) is -0.596. The zero-order chi connectivity index (χ0) is 6.91. The van der Waals surface area contributed by atoms with Crippen LogP contribution in [-0.4, -0.2) is 4.87 Å². The molecule has 0 spiro atoms. The molecule has 1 nitrogen and oxygen atoms in total. The van der Waals surface area contributed by atoms with Crippen molar-refractivity contribution in [2.45, 2.75) is 31.1 Å². The zero-order valence-corrected chi connectivity index (χ0v) is 6.28. The summed E-state index contributed by atoms with van der Waals surface area (Å²) >= 11 is 5.79. The molecule has 0 amide bonds. The maximum Gasteiger partial charge on any atom is 0.128 e. The number of nitrogens with zero attached hydrogens (tertiary/aromatic N) is 1. The third kappa shape index (κ3) is 2.24. The van der Waals surface area contributed by atoms with Gasteiger partial charge in [0.2, 0.25) is 0 Å². The highest BCUT2D eigenvalue weighted by Gasteiger charge is 2.31. The van der Waals surface area contributed by atoms with Gasteiger partial charge < -0.3 is 0 Å². The summed E-state index contributed by atoms with van der Waals surface area (Å²) in [6, 6.07) is 2.08. The minimum absolute atomic E-state index is 0.596. The topological polar surface area (TPSA) is 23.8 Å². The molecule has 0 radical (unpaired) electrons. The molecule has 0 aromatic rings. The van der Waals surface area contributed by atoms with Crippen LogP contribution >= 0.6 is 11.6 Å². The molecule has 50 valence electrons. The Hall–Kier alpha value is -0.220. The van der Waals surface area contributed by atoms with Crippen molar-refractivity contribution in [1.82, 2.24) is 0 Å². The molecule has 1 aliphatic rings. The van der Waals surface area contributed by atoms with Crippen LogP contribution in [0.25, 0.3) is 0 Å². The summed E-state index contributed by atoms with van der Waals surface area (Å²) in [5, 5.41) is 8.49. The van der Waals surface area contributed by atoms with Crippen molar-refractivity contribution in [3.05, 3.63) is 0 Å². The number of rotatable bonds is 2. The largest absolute Gasteiger partial charge is 0.196 e. The molecule has 0 bridgehead atoms. The summed E-state index contributed by atoms with van der Waals surface area (Å²) in [6.45, 7) is 1.78. The first-order chi connectivity index (χ1) is 4.14. The molecule has 0 heterocycles. The van der Waals surface area contributed by atoms with E-state index in [2.05, 4.69) is 6.07 Å². The fourth-order valence-electron chi connectivity index (χ4n) is 0.910. The molecule has 0 aliphatic heterocycles. The number of hydrogen-bond donors (Lipinski definition) is 0. The predicted octanol–water partition coefficient (Wildman–Crippen LogP) is 2.31. The smallest absolute Gasteiger partial charge is 0.128 e. The fraction of sp³-hybridized carbons (Fsp3) is 0.857. The lowest BCUT2D eigenvalue weighted by molar-refractivity contribution is 0.633. The van der Waals surface area contributed by atoms with E-state index < -0.39 is 4.87 Å². The average Bonchev–Trinajstić information content (AvgIpc) is 2.50. The van der Waals surface area contributed by atoms with Gasteiger partial charge in [0, 0.05) is 0 Å². The normalized spacial score (nSPS) is 24.6. The first-order valence-electron chi connectivity index (χ1n) is 3.24. The summed E-state index contributed by atoms with van der Waals surface area (Å²) in [6.07, 6.45) is 3.40. The molecule has 0 saturated heterocycles. The van der Waals surface area contributed by atoms with Gasteiger partial charge in [0.15, 0.2) is 0 Å². The molecule has 1 aliphatic carbocycles. The Morgan fingerprint density at radius 1 is 1.78 bits per heavy atom. The van der Waals surface area contributed by atoms with Crippen molar-refractivity contribution in [1.29, 1.82) is 5.26 Å². The summed E-state index contributed by atoms with van der Waals surface area (Å²) in [5.41, 5.74) is 0. The molecular weight excluding hydrogens is 134 g/mol. The molecule has 0 aromatic carbocycles. The van der Waals surface area contributed by atoms with Crippen LogP contribution in [0.15, 0.2) is 0 Å². The fourth-order valence-corrected chi connectivity index (χ4v) is 1.13. The van der Waals surface area contributed by atoms with Crippen LogP contribution in [0.1, 0.15) is 26.2 Å². The van der Waals surface area contributed by atoms with Gasteiger partial charge in [-0.2, -0.15) is 5.26 Å². The minimum Gasteiger partial charge on any atom is -0.196 e. The lowest BCUT2D eigenvalue weighted by Crippen LogP contribution is -2.13. The Bertz CT molecular complexity index is 141. The highest BCUT2D eigenvalue weighted by Crippen LogP contribution is 2.38. The van der Waals surface area contributed by atoms with Gasteiger partial charge in [0.25, 0.3) is 0 Å². The van der Waals surface area contributed by atoms with E-state index in [-0.39, 0.29) is 0 Å². The molecule has 0 aromatic heterocycles. The Morgan fingerprint density at radius 2 is 2.33 bits per heavy atom. The summed E-state index contributed by atoms with van der Waals surface area (Å²) in [7, 11) is 0. The quantitative estimate of drug-likeness (QED) is 0.545. The van der Waals surface area contributed by atoms with Crippen LogP contribution < -0.4 is 0 Å². The standard InChI is InChI=1S/C7H10ClN/c1-7(8,5-9)4-6-2-3-6/h6H,2-4H2,1H3. The van der Waals surface area contributed by atoms with Crippen LogP contribution in [0.2, 0.25) is 0 Å². The van der Waals surface area contributed by atoms with Gasteiger partial charge in [-0.05, 0) is 19.3 Å². The molecule has 1 saturated carbocycles. The van der Waals surface area contributed by atoms with Crippen molar-refractivity contribution in [3.8, 4) is 6.07 Å². The third-order valence-corrected chi connectivity index (χ3v) is 1.84. The van der Waals surface area contributed by atoms with E-state index in [4.69, 9.17) is 16.9 Å². The molecule has 1 fully saturated rings. The second kappa shape index (κ2) is 2.19. The lowest BCUT2D eigenvalue weighted by Gasteiger charge is -2.09.